The SMILES string of the molecule is CN(C)c1cc(=O)c2ccnc(-c3ccccc3Oc3cccc(C4COCCC4N(C)c4cc(=O)c5ccnc(-c6ccccc6Oc6ccccc6)c5o4)c3)c2o1. The lowest BCUT2D eigenvalue weighted by atomic mass is 9.87. The average Bonchev–Trinajstić information content (AvgIpc) is 3.26. The summed E-state index contributed by atoms with van der Waals surface area (Å²) in [4.78, 5) is 39.9. The normalized spacial score (nSPS) is 15.2. The Kier molecular flexibility index (Phi) is 10.1. The molecular weight excluding hydrogens is 745 g/mol. The molecule has 0 amide bonds. The van der Waals surface area contributed by atoms with E-state index in [1.165, 1.54) is 6.07 Å². The number of hydrogen-bond acceptors (Lipinski definition) is 11. The molecular formula is C48H40N4O7. The predicted octanol–water partition coefficient (Wildman–Crippen LogP) is 9.68. The molecule has 294 valence electrons. The smallest absolute Gasteiger partial charge is 0.200 e. The van der Waals surface area contributed by atoms with Crippen LogP contribution >= 0.6 is 0 Å². The van der Waals surface area contributed by atoms with Crippen LogP contribution in [0.5, 0.6) is 23.0 Å². The fourth-order valence-electron chi connectivity index (χ4n) is 7.64. The molecule has 1 fully saturated rings. The lowest BCUT2D eigenvalue weighted by molar-refractivity contribution is 0.0672. The first kappa shape index (κ1) is 37.3. The molecule has 8 aromatic rings. The number of benzene rings is 4. The minimum Gasteiger partial charge on any atom is -0.457 e. The van der Waals surface area contributed by atoms with Gasteiger partial charge in [0, 0.05) is 75.4 Å². The van der Waals surface area contributed by atoms with Gasteiger partial charge in [-0.3, -0.25) is 19.6 Å². The van der Waals surface area contributed by atoms with E-state index in [4.69, 9.17) is 28.0 Å². The first-order valence-corrected chi connectivity index (χ1v) is 19.4. The number of anilines is 2. The Bertz CT molecular complexity index is 2930. The summed E-state index contributed by atoms with van der Waals surface area (Å²) in [6.45, 7) is 1.00. The Balaban J connectivity index is 1.03. The molecule has 59 heavy (non-hydrogen) atoms. The third-order valence-electron chi connectivity index (χ3n) is 10.6. The van der Waals surface area contributed by atoms with Crippen LogP contribution in [0.15, 0.2) is 158 Å². The van der Waals surface area contributed by atoms with Crippen molar-refractivity contribution < 1.29 is 23.0 Å². The fraction of sp³-hybridized carbons (Fsp3) is 0.167. The molecule has 0 aliphatic carbocycles. The lowest BCUT2D eigenvalue weighted by Crippen LogP contribution is -2.43. The van der Waals surface area contributed by atoms with Crippen LogP contribution in [0.1, 0.15) is 17.9 Å². The Hall–Kier alpha value is -7.24. The van der Waals surface area contributed by atoms with Crippen molar-refractivity contribution in [1.29, 1.82) is 0 Å². The zero-order valence-electron chi connectivity index (χ0n) is 32.7. The van der Waals surface area contributed by atoms with E-state index in [1.807, 2.05) is 123 Å². The Morgan fingerprint density at radius 3 is 1.81 bits per heavy atom. The van der Waals surface area contributed by atoms with Crippen molar-refractivity contribution in [3.8, 4) is 45.5 Å². The van der Waals surface area contributed by atoms with Gasteiger partial charge in [-0.2, -0.15) is 0 Å². The van der Waals surface area contributed by atoms with E-state index < -0.39 is 0 Å². The number of likely N-dealkylation sites (N-methyl/N-ethyl adjacent to an activating group) is 1. The van der Waals surface area contributed by atoms with Gasteiger partial charge in [-0.1, -0.05) is 54.6 Å². The fourth-order valence-corrected chi connectivity index (χ4v) is 7.64. The Labute approximate surface area is 339 Å². The third kappa shape index (κ3) is 7.39. The van der Waals surface area contributed by atoms with Crippen LogP contribution in [0.2, 0.25) is 0 Å². The molecule has 0 radical (unpaired) electrons. The van der Waals surface area contributed by atoms with E-state index in [-0.39, 0.29) is 22.8 Å². The van der Waals surface area contributed by atoms with Crippen LogP contribution in [-0.2, 0) is 4.74 Å². The summed E-state index contributed by atoms with van der Waals surface area (Å²) in [5, 5.41) is 0.857. The van der Waals surface area contributed by atoms with Crippen LogP contribution in [0.25, 0.3) is 44.5 Å². The molecule has 0 spiro atoms. The minimum absolute atomic E-state index is 0.0885. The maximum absolute atomic E-state index is 13.8. The van der Waals surface area contributed by atoms with E-state index in [1.54, 1.807) is 35.5 Å². The van der Waals surface area contributed by atoms with E-state index in [0.717, 1.165) is 5.56 Å². The second kappa shape index (κ2) is 16.0. The number of ether oxygens (including phenoxy) is 3. The molecule has 11 heteroatoms. The maximum Gasteiger partial charge on any atom is 0.200 e. The Morgan fingerprint density at radius 2 is 1.17 bits per heavy atom. The monoisotopic (exact) mass is 784 g/mol. The van der Waals surface area contributed by atoms with Crippen molar-refractivity contribution in [2.45, 2.75) is 18.4 Å². The highest BCUT2D eigenvalue weighted by Crippen LogP contribution is 2.40. The van der Waals surface area contributed by atoms with Gasteiger partial charge in [0.1, 0.15) is 34.4 Å². The number of fused-ring (bicyclic) bond motifs is 2. The first-order chi connectivity index (χ1) is 28.8. The molecule has 5 heterocycles. The molecule has 0 saturated carbocycles. The maximum atomic E-state index is 13.8. The van der Waals surface area contributed by atoms with Gasteiger partial charge in [-0.25, -0.2) is 0 Å². The summed E-state index contributed by atoms with van der Waals surface area (Å²) in [5.41, 5.74) is 3.81. The van der Waals surface area contributed by atoms with Crippen LogP contribution in [-0.4, -0.2) is 50.4 Å². The van der Waals surface area contributed by atoms with Gasteiger partial charge in [-0.05, 0) is 72.6 Å². The third-order valence-corrected chi connectivity index (χ3v) is 10.6. The van der Waals surface area contributed by atoms with Gasteiger partial charge in [0.25, 0.3) is 0 Å². The van der Waals surface area contributed by atoms with Gasteiger partial charge in [0.05, 0.1) is 17.4 Å². The van der Waals surface area contributed by atoms with E-state index in [9.17, 15) is 9.59 Å². The molecule has 2 atom stereocenters. The number of aromatic nitrogens is 2. The quantitative estimate of drug-likeness (QED) is 0.132. The summed E-state index contributed by atoms with van der Waals surface area (Å²) < 4.78 is 31.8. The number of hydrogen-bond donors (Lipinski definition) is 0. The first-order valence-electron chi connectivity index (χ1n) is 19.4. The van der Waals surface area contributed by atoms with Crippen molar-refractivity contribution in [2.75, 3.05) is 44.2 Å². The Morgan fingerprint density at radius 1 is 0.610 bits per heavy atom. The number of rotatable bonds is 10. The summed E-state index contributed by atoms with van der Waals surface area (Å²) in [7, 11) is 5.58. The minimum atomic E-state index is -0.172. The zero-order chi connectivity index (χ0) is 40.5. The van der Waals surface area contributed by atoms with Crippen LogP contribution in [0.4, 0.5) is 11.8 Å². The van der Waals surface area contributed by atoms with Crippen molar-refractivity contribution in [2.24, 2.45) is 0 Å². The molecule has 1 saturated heterocycles. The molecule has 0 bridgehead atoms. The molecule has 2 unspecified atom stereocenters. The second-order valence-corrected chi connectivity index (χ2v) is 14.6. The molecule has 0 N–H and O–H groups in total. The largest absolute Gasteiger partial charge is 0.457 e. The molecule has 1 aliphatic heterocycles. The number of para-hydroxylation sites is 3. The second-order valence-electron chi connectivity index (χ2n) is 14.6. The highest BCUT2D eigenvalue weighted by Gasteiger charge is 2.32. The summed E-state index contributed by atoms with van der Waals surface area (Å²) in [5.74, 6) is 3.19. The van der Waals surface area contributed by atoms with Crippen molar-refractivity contribution in [3.05, 3.63) is 166 Å². The predicted molar refractivity (Wildman–Crippen MR) is 229 cm³/mol. The molecule has 4 aromatic carbocycles. The van der Waals surface area contributed by atoms with Gasteiger partial charge in [0.2, 0.25) is 0 Å². The summed E-state index contributed by atoms with van der Waals surface area (Å²) >= 11 is 0. The van der Waals surface area contributed by atoms with E-state index >= 15 is 0 Å². The van der Waals surface area contributed by atoms with Gasteiger partial charge in [-0.15, -0.1) is 0 Å². The number of nitrogens with zero attached hydrogens (tertiary/aromatic N) is 4. The van der Waals surface area contributed by atoms with Gasteiger partial charge in [0.15, 0.2) is 33.8 Å². The van der Waals surface area contributed by atoms with Crippen molar-refractivity contribution in [1.82, 2.24) is 9.97 Å². The van der Waals surface area contributed by atoms with Crippen LogP contribution in [0.3, 0.4) is 0 Å². The summed E-state index contributed by atoms with van der Waals surface area (Å²) in [6.07, 6.45) is 3.92. The molecule has 11 nitrogen and oxygen atoms in total. The summed E-state index contributed by atoms with van der Waals surface area (Å²) in [6, 6.07) is 38.9. The average molecular weight is 785 g/mol. The lowest BCUT2D eigenvalue weighted by Gasteiger charge is -2.38. The van der Waals surface area contributed by atoms with E-state index in [2.05, 4.69) is 11.1 Å². The highest BCUT2D eigenvalue weighted by atomic mass is 16.5. The van der Waals surface area contributed by atoms with Crippen molar-refractivity contribution in [3.63, 3.8) is 0 Å². The number of pyridine rings is 2. The molecule has 1 aliphatic rings. The van der Waals surface area contributed by atoms with Crippen LogP contribution in [0, 0.1) is 0 Å². The van der Waals surface area contributed by atoms with Crippen LogP contribution < -0.4 is 30.1 Å². The van der Waals surface area contributed by atoms with Gasteiger partial charge >= 0.3 is 0 Å². The molecule has 9 rings (SSSR count). The molecule has 4 aromatic heterocycles. The topological polar surface area (TPSA) is 120 Å². The zero-order valence-corrected chi connectivity index (χ0v) is 32.7. The van der Waals surface area contributed by atoms with Gasteiger partial charge < -0.3 is 32.8 Å². The van der Waals surface area contributed by atoms with Crippen molar-refractivity contribution >= 4 is 33.7 Å². The highest BCUT2D eigenvalue weighted by molar-refractivity contribution is 5.93. The van der Waals surface area contributed by atoms with E-state index in [0.29, 0.717) is 98.9 Å². The standard InChI is InChI=1S/C48H40N4O7/c1-51(2)43-27-39(53)33-20-23-49-45(47(33)58-43)36-17-8-10-19-42(36)57-32-15-11-12-30(26-32)37-29-55-25-22-38(37)52(3)44-28-40(54)34-21-24-50-46(48(34)59-44)35-16-7-9-18-41(35)56-31-13-5-4-6-14-31/h4-21,23-24,26-28,37-38H,22,25,29H2,1-3H3.